The Hall–Kier alpha value is -2.35. The van der Waals surface area contributed by atoms with Crippen LogP contribution in [0.5, 0.6) is 0 Å². The minimum atomic E-state index is -0.382. The highest BCUT2D eigenvalue weighted by molar-refractivity contribution is 5.58. The zero-order valence-corrected chi connectivity index (χ0v) is 10.8. The second-order valence-corrected chi connectivity index (χ2v) is 4.35. The molecule has 0 amide bonds. The Labute approximate surface area is 111 Å². The van der Waals surface area contributed by atoms with Gasteiger partial charge in [0, 0.05) is 32.5 Å². The van der Waals surface area contributed by atoms with Crippen LogP contribution in [0.3, 0.4) is 0 Å². The summed E-state index contributed by atoms with van der Waals surface area (Å²) >= 11 is 0. The SMILES string of the molecule is CN(CCCn1ccnc1)c1ccc(F)cc1C#N. The van der Waals surface area contributed by atoms with Crippen molar-refractivity contribution in [2.45, 2.75) is 13.0 Å². The number of nitriles is 1. The highest BCUT2D eigenvalue weighted by Crippen LogP contribution is 2.20. The van der Waals surface area contributed by atoms with Gasteiger partial charge in [0.15, 0.2) is 0 Å². The van der Waals surface area contributed by atoms with Crippen LogP contribution in [0.1, 0.15) is 12.0 Å². The normalized spacial score (nSPS) is 10.2. The molecule has 0 unspecified atom stereocenters. The molecule has 2 aromatic rings. The number of hydrogen-bond donors (Lipinski definition) is 0. The number of hydrogen-bond acceptors (Lipinski definition) is 3. The zero-order chi connectivity index (χ0) is 13.7. The van der Waals surface area contributed by atoms with Crippen LogP contribution in [-0.2, 0) is 6.54 Å². The smallest absolute Gasteiger partial charge is 0.124 e. The van der Waals surface area contributed by atoms with Crippen molar-refractivity contribution >= 4 is 5.69 Å². The molecule has 4 nitrogen and oxygen atoms in total. The van der Waals surface area contributed by atoms with Crippen molar-refractivity contribution in [1.82, 2.24) is 9.55 Å². The van der Waals surface area contributed by atoms with E-state index in [0.717, 1.165) is 25.2 Å². The number of imidazole rings is 1. The molecule has 0 aliphatic heterocycles. The fourth-order valence-corrected chi connectivity index (χ4v) is 1.96. The van der Waals surface area contributed by atoms with E-state index in [0.29, 0.717) is 5.56 Å². The van der Waals surface area contributed by atoms with E-state index < -0.39 is 0 Å². The van der Waals surface area contributed by atoms with E-state index in [1.165, 1.54) is 12.1 Å². The van der Waals surface area contributed by atoms with Gasteiger partial charge in [-0.1, -0.05) is 0 Å². The third-order valence-electron chi connectivity index (χ3n) is 2.96. The van der Waals surface area contributed by atoms with Crippen LogP contribution >= 0.6 is 0 Å². The molecule has 0 bridgehead atoms. The predicted molar refractivity (Wildman–Crippen MR) is 71.2 cm³/mol. The lowest BCUT2D eigenvalue weighted by Gasteiger charge is -2.20. The molecule has 0 saturated heterocycles. The van der Waals surface area contributed by atoms with E-state index in [1.807, 2.05) is 28.8 Å². The lowest BCUT2D eigenvalue weighted by Crippen LogP contribution is -2.20. The predicted octanol–water partition coefficient (Wildman–Crippen LogP) is 2.42. The number of rotatable bonds is 5. The van der Waals surface area contributed by atoms with E-state index in [2.05, 4.69) is 4.98 Å². The van der Waals surface area contributed by atoms with Crippen LogP contribution in [-0.4, -0.2) is 23.1 Å². The number of anilines is 1. The van der Waals surface area contributed by atoms with Crippen LogP contribution in [0.15, 0.2) is 36.9 Å². The second-order valence-electron chi connectivity index (χ2n) is 4.35. The van der Waals surface area contributed by atoms with Gasteiger partial charge in [0.2, 0.25) is 0 Å². The molecular formula is C14H15FN4. The summed E-state index contributed by atoms with van der Waals surface area (Å²) in [4.78, 5) is 5.95. The fraction of sp³-hybridized carbons (Fsp3) is 0.286. The summed E-state index contributed by atoms with van der Waals surface area (Å²) in [6, 6.07) is 6.31. The van der Waals surface area contributed by atoms with Crippen molar-refractivity contribution in [1.29, 1.82) is 5.26 Å². The van der Waals surface area contributed by atoms with Gasteiger partial charge in [-0.15, -0.1) is 0 Å². The van der Waals surface area contributed by atoms with Gasteiger partial charge < -0.3 is 9.47 Å². The van der Waals surface area contributed by atoms with Gasteiger partial charge in [-0.2, -0.15) is 5.26 Å². The Kier molecular flexibility index (Phi) is 4.14. The molecule has 5 heteroatoms. The Bertz CT molecular complexity index is 572. The zero-order valence-electron chi connectivity index (χ0n) is 10.8. The van der Waals surface area contributed by atoms with Crippen LogP contribution in [0.2, 0.25) is 0 Å². The van der Waals surface area contributed by atoms with Gasteiger partial charge in [0.25, 0.3) is 0 Å². The molecule has 19 heavy (non-hydrogen) atoms. The maximum Gasteiger partial charge on any atom is 0.124 e. The second kappa shape index (κ2) is 6.01. The quantitative estimate of drug-likeness (QED) is 0.827. The van der Waals surface area contributed by atoms with Gasteiger partial charge in [-0.25, -0.2) is 9.37 Å². The summed E-state index contributed by atoms with van der Waals surface area (Å²) in [6.07, 6.45) is 6.36. The molecule has 0 radical (unpaired) electrons. The number of halogens is 1. The highest BCUT2D eigenvalue weighted by atomic mass is 19.1. The summed E-state index contributed by atoms with van der Waals surface area (Å²) in [6.45, 7) is 1.66. The first-order valence-corrected chi connectivity index (χ1v) is 6.07. The van der Waals surface area contributed by atoms with Gasteiger partial charge in [-0.3, -0.25) is 0 Å². The molecular weight excluding hydrogens is 243 g/mol. The summed E-state index contributed by atoms with van der Waals surface area (Å²) in [7, 11) is 1.90. The number of nitrogens with zero attached hydrogens (tertiary/aromatic N) is 4. The first-order chi connectivity index (χ1) is 9.20. The largest absolute Gasteiger partial charge is 0.373 e. The molecule has 0 aliphatic rings. The molecule has 0 spiro atoms. The maximum atomic E-state index is 13.1. The molecule has 2 rings (SSSR count). The lowest BCUT2D eigenvalue weighted by molar-refractivity contribution is 0.624. The molecule has 1 heterocycles. The van der Waals surface area contributed by atoms with Crippen molar-refractivity contribution in [3.8, 4) is 6.07 Å². The third kappa shape index (κ3) is 3.32. The van der Waals surface area contributed by atoms with Crippen LogP contribution in [0.4, 0.5) is 10.1 Å². The summed E-state index contributed by atoms with van der Waals surface area (Å²) in [5.74, 6) is -0.382. The lowest BCUT2D eigenvalue weighted by atomic mass is 10.1. The van der Waals surface area contributed by atoms with E-state index in [1.54, 1.807) is 18.6 Å². The Morgan fingerprint density at radius 1 is 1.47 bits per heavy atom. The third-order valence-corrected chi connectivity index (χ3v) is 2.96. The van der Waals surface area contributed by atoms with Crippen molar-refractivity contribution in [2.75, 3.05) is 18.5 Å². The highest BCUT2D eigenvalue weighted by Gasteiger charge is 2.08. The minimum Gasteiger partial charge on any atom is -0.373 e. The van der Waals surface area contributed by atoms with Crippen molar-refractivity contribution in [3.63, 3.8) is 0 Å². The number of aryl methyl sites for hydroxylation is 1. The fourth-order valence-electron chi connectivity index (χ4n) is 1.96. The summed E-state index contributed by atoms with van der Waals surface area (Å²) in [5, 5.41) is 9.01. The Balaban J connectivity index is 1.96. The number of aromatic nitrogens is 2. The van der Waals surface area contributed by atoms with Crippen molar-refractivity contribution in [2.24, 2.45) is 0 Å². The molecule has 0 aliphatic carbocycles. The molecule has 0 atom stereocenters. The molecule has 0 fully saturated rings. The maximum absolute atomic E-state index is 13.1. The van der Waals surface area contributed by atoms with Crippen molar-refractivity contribution < 1.29 is 4.39 Å². The minimum absolute atomic E-state index is 0.366. The Morgan fingerprint density at radius 3 is 3.00 bits per heavy atom. The van der Waals surface area contributed by atoms with E-state index in [-0.39, 0.29) is 5.82 Å². The summed E-state index contributed by atoms with van der Waals surface area (Å²) in [5.41, 5.74) is 1.12. The van der Waals surface area contributed by atoms with Gasteiger partial charge >= 0.3 is 0 Å². The van der Waals surface area contributed by atoms with Crippen LogP contribution in [0.25, 0.3) is 0 Å². The van der Waals surface area contributed by atoms with E-state index in [4.69, 9.17) is 5.26 Å². The van der Waals surface area contributed by atoms with Crippen molar-refractivity contribution in [3.05, 3.63) is 48.3 Å². The Morgan fingerprint density at radius 2 is 2.32 bits per heavy atom. The summed E-state index contributed by atoms with van der Waals surface area (Å²) < 4.78 is 15.1. The average molecular weight is 258 g/mol. The molecule has 98 valence electrons. The molecule has 0 N–H and O–H groups in total. The molecule has 1 aromatic heterocycles. The van der Waals surface area contributed by atoms with Crippen LogP contribution < -0.4 is 4.90 Å². The first kappa shape index (κ1) is 13.1. The topological polar surface area (TPSA) is 44.9 Å². The van der Waals surface area contributed by atoms with E-state index in [9.17, 15) is 4.39 Å². The van der Waals surface area contributed by atoms with Gasteiger partial charge in [-0.05, 0) is 24.6 Å². The molecule has 0 saturated carbocycles. The van der Waals surface area contributed by atoms with Gasteiger partial charge in [0.05, 0.1) is 17.6 Å². The van der Waals surface area contributed by atoms with Crippen LogP contribution in [0, 0.1) is 17.1 Å². The monoisotopic (exact) mass is 258 g/mol. The van der Waals surface area contributed by atoms with E-state index >= 15 is 0 Å². The standard InChI is InChI=1S/C14H15FN4/c1-18(6-2-7-19-8-5-17-11-19)14-4-3-13(15)9-12(14)10-16/h3-5,8-9,11H,2,6-7H2,1H3. The first-order valence-electron chi connectivity index (χ1n) is 6.07. The van der Waals surface area contributed by atoms with Gasteiger partial charge in [0.1, 0.15) is 11.9 Å². The average Bonchev–Trinajstić information content (AvgIpc) is 2.91. The number of benzene rings is 1. The molecule has 1 aromatic carbocycles.